The molecule has 12 nitrogen and oxygen atoms in total. The number of ether oxygens (including phenoxy) is 3. The Balaban J connectivity index is 1.64. The van der Waals surface area contributed by atoms with Gasteiger partial charge in [-0.2, -0.15) is 5.26 Å². The first-order chi connectivity index (χ1) is 18.4. The Labute approximate surface area is 221 Å². The van der Waals surface area contributed by atoms with Gasteiger partial charge in [0.1, 0.15) is 23.4 Å². The molecule has 12 heteroatoms. The van der Waals surface area contributed by atoms with E-state index in [2.05, 4.69) is 21.7 Å². The molecule has 4 heterocycles. The summed E-state index contributed by atoms with van der Waals surface area (Å²) in [6.45, 7) is 3.91. The zero-order chi connectivity index (χ0) is 27.2. The molecular weight excluding hydrogens is 490 g/mol. The predicted octanol–water partition coefficient (Wildman–Crippen LogP) is 3.06. The van der Waals surface area contributed by atoms with Gasteiger partial charge in [0.2, 0.25) is 12.2 Å². The molecule has 1 saturated heterocycles. The predicted molar refractivity (Wildman–Crippen MR) is 141 cm³/mol. The van der Waals surface area contributed by atoms with E-state index in [0.717, 1.165) is 18.4 Å². The Hall–Kier alpha value is -3.79. The molecule has 2 aliphatic heterocycles. The van der Waals surface area contributed by atoms with Gasteiger partial charge >= 0.3 is 6.03 Å². The minimum Gasteiger partial charge on any atom is -0.383 e. The molecule has 0 aliphatic carbocycles. The van der Waals surface area contributed by atoms with Crippen molar-refractivity contribution in [3.05, 3.63) is 35.2 Å². The number of fused-ring (bicyclic) bond motifs is 1. The average molecular weight is 524 g/mol. The van der Waals surface area contributed by atoms with E-state index in [0.29, 0.717) is 66.9 Å². The van der Waals surface area contributed by atoms with Gasteiger partial charge in [-0.25, -0.2) is 14.8 Å². The van der Waals surface area contributed by atoms with Gasteiger partial charge in [0.25, 0.3) is 0 Å². The van der Waals surface area contributed by atoms with Gasteiger partial charge in [-0.05, 0) is 30.9 Å². The number of carbonyl (C=O) groups excluding carboxylic acids is 2. The van der Waals surface area contributed by atoms with E-state index in [9.17, 15) is 14.9 Å². The molecule has 1 unspecified atom stereocenters. The standard InChI is InChI=1S/C26H33N7O5/c1-16-7-10-32(24(16)34)20-12-17-6-5-9-33(23(17)31-22(20)25(37-3)38-4)26(35)30-21-13-19(28-8-11-36-2)18(14-27)15-29-21/h12-13,15-16,25H,5-11H2,1-4H3,(H2,28,29,30,35). The summed E-state index contributed by atoms with van der Waals surface area (Å²) < 4.78 is 16.1. The molecule has 2 aromatic heterocycles. The van der Waals surface area contributed by atoms with Crippen molar-refractivity contribution in [3.8, 4) is 6.07 Å². The quantitative estimate of drug-likeness (QED) is 0.374. The van der Waals surface area contributed by atoms with Gasteiger partial charge in [-0.1, -0.05) is 6.92 Å². The summed E-state index contributed by atoms with van der Waals surface area (Å²) >= 11 is 0. The van der Waals surface area contributed by atoms with Crippen LogP contribution in [-0.2, 0) is 25.4 Å². The summed E-state index contributed by atoms with van der Waals surface area (Å²) in [5, 5.41) is 15.3. The van der Waals surface area contributed by atoms with Gasteiger partial charge in [-0.3, -0.25) is 15.0 Å². The van der Waals surface area contributed by atoms with Crippen LogP contribution in [0.3, 0.4) is 0 Å². The van der Waals surface area contributed by atoms with E-state index < -0.39 is 12.3 Å². The van der Waals surface area contributed by atoms with E-state index in [-0.39, 0.29) is 11.8 Å². The van der Waals surface area contributed by atoms with Crippen LogP contribution in [0.4, 0.5) is 27.8 Å². The number of aryl methyl sites for hydroxylation is 1. The van der Waals surface area contributed by atoms with Crippen LogP contribution < -0.4 is 20.4 Å². The van der Waals surface area contributed by atoms with Crippen LogP contribution in [0, 0.1) is 17.2 Å². The van der Waals surface area contributed by atoms with Crippen LogP contribution in [0.5, 0.6) is 0 Å². The number of rotatable bonds is 9. The summed E-state index contributed by atoms with van der Waals surface area (Å²) in [5.74, 6) is 0.740. The van der Waals surface area contributed by atoms with Crippen molar-refractivity contribution in [2.75, 3.05) is 68.0 Å². The number of hydrogen-bond donors (Lipinski definition) is 2. The van der Waals surface area contributed by atoms with Crippen molar-refractivity contribution < 1.29 is 23.8 Å². The zero-order valence-corrected chi connectivity index (χ0v) is 22.1. The van der Waals surface area contributed by atoms with Crippen molar-refractivity contribution >= 4 is 34.9 Å². The van der Waals surface area contributed by atoms with Crippen molar-refractivity contribution in [1.82, 2.24) is 9.97 Å². The maximum absolute atomic E-state index is 13.4. The van der Waals surface area contributed by atoms with E-state index in [1.807, 2.05) is 13.0 Å². The van der Waals surface area contributed by atoms with Gasteiger partial charge in [0, 0.05) is 59.1 Å². The van der Waals surface area contributed by atoms with Crippen LogP contribution in [0.25, 0.3) is 0 Å². The lowest BCUT2D eigenvalue weighted by Crippen LogP contribution is -2.40. The topological polar surface area (TPSA) is 142 Å². The van der Waals surface area contributed by atoms with E-state index in [4.69, 9.17) is 19.2 Å². The zero-order valence-electron chi connectivity index (χ0n) is 22.1. The third-order valence-electron chi connectivity index (χ3n) is 6.71. The molecule has 3 amide bonds. The molecule has 2 N–H and O–H groups in total. The highest BCUT2D eigenvalue weighted by Crippen LogP contribution is 2.37. The maximum atomic E-state index is 13.4. The van der Waals surface area contributed by atoms with Crippen LogP contribution in [0.15, 0.2) is 18.3 Å². The summed E-state index contributed by atoms with van der Waals surface area (Å²) in [5.41, 5.74) is 2.86. The number of nitriles is 1. The molecule has 2 aromatic rings. The monoisotopic (exact) mass is 523 g/mol. The fourth-order valence-electron chi connectivity index (χ4n) is 4.69. The minimum atomic E-state index is -0.813. The van der Waals surface area contributed by atoms with Crippen LogP contribution in [0.2, 0.25) is 0 Å². The Morgan fingerprint density at radius 2 is 2.05 bits per heavy atom. The number of hydrogen-bond acceptors (Lipinski definition) is 9. The maximum Gasteiger partial charge on any atom is 0.328 e. The second kappa shape index (κ2) is 12.2. The molecule has 0 saturated carbocycles. The molecule has 0 spiro atoms. The smallest absolute Gasteiger partial charge is 0.328 e. The number of nitrogens with zero attached hydrogens (tertiary/aromatic N) is 5. The van der Waals surface area contributed by atoms with Crippen molar-refractivity contribution in [3.63, 3.8) is 0 Å². The summed E-state index contributed by atoms with van der Waals surface area (Å²) in [4.78, 5) is 38.6. The lowest BCUT2D eigenvalue weighted by Gasteiger charge is -2.32. The number of methoxy groups -OCH3 is 3. The molecule has 4 rings (SSSR count). The first-order valence-electron chi connectivity index (χ1n) is 12.5. The molecular formula is C26H33N7O5. The van der Waals surface area contributed by atoms with Crippen LogP contribution in [0.1, 0.15) is 42.9 Å². The molecule has 0 radical (unpaired) electrons. The third-order valence-corrected chi connectivity index (χ3v) is 6.71. The number of carbonyl (C=O) groups is 2. The fourth-order valence-corrected chi connectivity index (χ4v) is 4.69. The van der Waals surface area contributed by atoms with Crippen LogP contribution in [-0.4, -0.2) is 69.5 Å². The highest BCUT2D eigenvalue weighted by Gasteiger charge is 2.35. The Kier molecular flexibility index (Phi) is 8.73. The summed E-state index contributed by atoms with van der Waals surface area (Å²) in [6, 6.07) is 5.23. The van der Waals surface area contributed by atoms with E-state index >= 15 is 0 Å². The molecule has 1 fully saturated rings. The highest BCUT2D eigenvalue weighted by atomic mass is 16.7. The normalized spacial score (nSPS) is 16.9. The molecule has 38 heavy (non-hydrogen) atoms. The minimum absolute atomic E-state index is 0.0335. The molecule has 0 bridgehead atoms. The van der Waals surface area contributed by atoms with Crippen molar-refractivity contribution in [1.29, 1.82) is 5.26 Å². The lowest BCUT2D eigenvalue weighted by atomic mass is 10.0. The van der Waals surface area contributed by atoms with E-state index in [1.165, 1.54) is 20.4 Å². The lowest BCUT2D eigenvalue weighted by molar-refractivity contribution is -0.120. The Bertz CT molecular complexity index is 1230. The van der Waals surface area contributed by atoms with Gasteiger partial charge in [-0.15, -0.1) is 0 Å². The van der Waals surface area contributed by atoms with Crippen LogP contribution >= 0.6 is 0 Å². The number of aromatic nitrogens is 2. The van der Waals surface area contributed by atoms with Crippen molar-refractivity contribution in [2.45, 2.75) is 32.5 Å². The fraction of sp³-hybridized carbons (Fsp3) is 0.500. The molecule has 0 aromatic carbocycles. The van der Waals surface area contributed by atoms with Crippen molar-refractivity contribution in [2.24, 2.45) is 5.92 Å². The first-order valence-corrected chi connectivity index (χ1v) is 12.5. The first kappa shape index (κ1) is 27.3. The number of anilines is 4. The Morgan fingerprint density at radius 3 is 2.71 bits per heavy atom. The number of nitrogens with one attached hydrogen (secondary N) is 2. The molecule has 1 atom stereocenters. The van der Waals surface area contributed by atoms with Gasteiger partial charge < -0.3 is 24.4 Å². The average Bonchev–Trinajstić information content (AvgIpc) is 3.26. The van der Waals surface area contributed by atoms with E-state index in [1.54, 1.807) is 23.0 Å². The highest BCUT2D eigenvalue weighted by molar-refractivity contribution is 6.02. The Morgan fingerprint density at radius 1 is 1.26 bits per heavy atom. The largest absolute Gasteiger partial charge is 0.383 e. The summed E-state index contributed by atoms with van der Waals surface area (Å²) in [6.07, 6.45) is 2.80. The summed E-state index contributed by atoms with van der Waals surface area (Å²) in [7, 11) is 4.61. The number of pyridine rings is 2. The second-order valence-electron chi connectivity index (χ2n) is 9.19. The number of urea groups is 1. The van der Waals surface area contributed by atoms with Gasteiger partial charge in [0.15, 0.2) is 0 Å². The third kappa shape index (κ3) is 5.55. The molecule has 2 aliphatic rings. The molecule has 202 valence electrons. The second-order valence-corrected chi connectivity index (χ2v) is 9.19. The van der Waals surface area contributed by atoms with Gasteiger partial charge in [0.05, 0.1) is 23.5 Å². The SMILES string of the molecule is COCCNc1cc(NC(=O)N2CCCc3cc(N4CCC(C)C4=O)c(C(OC)OC)nc32)ncc1C#N. The number of amides is 3.